The van der Waals surface area contributed by atoms with Gasteiger partial charge in [-0.25, -0.2) is 4.79 Å². The summed E-state index contributed by atoms with van der Waals surface area (Å²) in [6.07, 6.45) is 3.65. The van der Waals surface area contributed by atoms with Gasteiger partial charge in [0.05, 0.1) is 4.47 Å². The second kappa shape index (κ2) is 6.62. The molecule has 0 aromatic heterocycles. The zero-order valence-electron chi connectivity index (χ0n) is 11.3. The quantitative estimate of drug-likeness (QED) is 0.791. The maximum Gasteiger partial charge on any atom is 0.326 e. The standard InChI is InChI=1S/C14H14BrNO5/c1-2-3-4-10(14(18)19)16-13(17)8-5-9(15)12-11(6-8)20-7-21-12/h2-3,5-6,10H,4,7H2,1H3,(H,16,17)(H,18,19)/b3-2+. The van der Waals surface area contributed by atoms with Crippen LogP contribution in [0.15, 0.2) is 28.8 Å². The highest BCUT2D eigenvalue weighted by molar-refractivity contribution is 9.10. The summed E-state index contributed by atoms with van der Waals surface area (Å²) >= 11 is 3.29. The maximum atomic E-state index is 12.2. The normalized spacial score (nSPS) is 14.2. The van der Waals surface area contributed by atoms with Gasteiger partial charge in [0.25, 0.3) is 5.91 Å². The fourth-order valence-electron chi connectivity index (χ4n) is 1.83. The summed E-state index contributed by atoms with van der Waals surface area (Å²) in [6, 6.07) is 2.12. The predicted octanol–water partition coefficient (Wildman–Crippen LogP) is 2.33. The summed E-state index contributed by atoms with van der Waals surface area (Å²) in [7, 11) is 0. The lowest BCUT2D eigenvalue weighted by Crippen LogP contribution is -2.40. The average Bonchev–Trinajstić information content (AvgIpc) is 2.91. The van der Waals surface area contributed by atoms with Gasteiger partial charge in [0.15, 0.2) is 11.5 Å². The molecule has 0 bridgehead atoms. The highest BCUT2D eigenvalue weighted by Gasteiger charge is 2.23. The van der Waals surface area contributed by atoms with Gasteiger partial charge in [-0.3, -0.25) is 4.79 Å². The lowest BCUT2D eigenvalue weighted by atomic mass is 10.1. The first-order chi connectivity index (χ1) is 10.0. The topological polar surface area (TPSA) is 84.9 Å². The van der Waals surface area contributed by atoms with Gasteiger partial charge in [-0.15, -0.1) is 0 Å². The molecule has 1 aromatic rings. The maximum absolute atomic E-state index is 12.2. The zero-order valence-corrected chi connectivity index (χ0v) is 12.8. The fraction of sp³-hybridized carbons (Fsp3) is 0.286. The molecule has 0 aliphatic carbocycles. The summed E-state index contributed by atoms with van der Waals surface area (Å²) in [4.78, 5) is 23.3. The minimum Gasteiger partial charge on any atom is -0.480 e. The van der Waals surface area contributed by atoms with Crippen molar-refractivity contribution in [3.8, 4) is 11.5 Å². The Morgan fingerprint density at radius 1 is 1.48 bits per heavy atom. The number of hydrogen-bond acceptors (Lipinski definition) is 4. The second-order valence-electron chi connectivity index (χ2n) is 4.36. The molecule has 0 saturated heterocycles. The number of aliphatic carboxylic acids is 1. The molecule has 7 heteroatoms. The first-order valence-electron chi connectivity index (χ1n) is 6.27. The van der Waals surface area contributed by atoms with Crippen LogP contribution in [0.2, 0.25) is 0 Å². The van der Waals surface area contributed by atoms with Crippen molar-refractivity contribution in [3.63, 3.8) is 0 Å². The lowest BCUT2D eigenvalue weighted by Gasteiger charge is -2.13. The van der Waals surface area contributed by atoms with Crippen LogP contribution in [-0.2, 0) is 4.79 Å². The highest BCUT2D eigenvalue weighted by atomic mass is 79.9. The van der Waals surface area contributed by atoms with Crippen LogP contribution >= 0.6 is 15.9 Å². The monoisotopic (exact) mass is 355 g/mol. The average molecular weight is 356 g/mol. The molecule has 2 N–H and O–H groups in total. The summed E-state index contributed by atoms with van der Waals surface area (Å²) in [6.45, 7) is 1.88. The molecule has 0 saturated carbocycles. The number of carbonyl (C=O) groups is 2. The van der Waals surface area contributed by atoms with Gasteiger partial charge >= 0.3 is 5.97 Å². The molecular formula is C14H14BrNO5. The molecular weight excluding hydrogens is 342 g/mol. The highest BCUT2D eigenvalue weighted by Crippen LogP contribution is 2.39. The molecule has 1 heterocycles. The van der Waals surface area contributed by atoms with E-state index in [2.05, 4.69) is 21.2 Å². The van der Waals surface area contributed by atoms with Crippen molar-refractivity contribution in [1.82, 2.24) is 5.32 Å². The molecule has 1 atom stereocenters. The molecule has 2 rings (SSSR count). The molecule has 1 unspecified atom stereocenters. The Hall–Kier alpha value is -2.02. The van der Waals surface area contributed by atoms with Crippen LogP contribution in [0.1, 0.15) is 23.7 Å². The number of carboxylic acid groups (broad SMARTS) is 1. The summed E-state index contributed by atoms with van der Waals surface area (Å²) < 4.78 is 11.0. The Morgan fingerprint density at radius 2 is 2.24 bits per heavy atom. The number of fused-ring (bicyclic) bond motifs is 1. The van der Waals surface area contributed by atoms with E-state index < -0.39 is 17.9 Å². The molecule has 112 valence electrons. The minimum atomic E-state index is -1.08. The Labute approximate surface area is 129 Å². The van der Waals surface area contributed by atoms with E-state index in [9.17, 15) is 9.59 Å². The molecule has 1 amide bonds. The van der Waals surface area contributed by atoms with E-state index in [1.54, 1.807) is 25.1 Å². The van der Waals surface area contributed by atoms with E-state index in [0.717, 1.165) is 0 Å². The minimum absolute atomic E-state index is 0.0953. The van der Waals surface area contributed by atoms with Crippen LogP contribution < -0.4 is 14.8 Å². The van der Waals surface area contributed by atoms with Crippen LogP contribution in [0.25, 0.3) is 0 Å². The zero-order chi connectivity index (χ0) is 15.4. The molecule has 1 aliphatic rings. The Bertz CT molecular complexity index is 599. The number of hydrogen-bond donors (Lipinski definition) is 2. The van der Waals surface area contributed by atoms with Crippen molar-refractivity contribution in [3.05, 3.63) is 34.3 Å². The Morgan fingerprint density at radius 3 is 2.90 bits per heavy atom. The van der Waals surface area contributed by atoms with E-state index in [0.29, 0.717) is 21.5 Å². The third-order valence-electron chi connectivity index (χ3n) is 2.90. The smallest absolute Gasteiger partial charge is 0.326 e. The number of ether oxygens (including phenoxy) is 2. The number of allylic oxidation sites excluding steroid dienone is 1. The van der Waals surface area contributed by atoms with Crippen molar-refractivity contribution >= 4 is 27.8 Å². The second-order valence-corrected chi connectivity index (χ2v) is 5.22. The van der Waals surface area contributed by atoms with Gasteiger partial charge in [-0.1, -0.05) is 12.2 Å². The molecule has 1 aliphatic heterocycles. The first-order valence-corrected chi connectivity index (χ1v) is 7.06. The molecule has 21 heavy (non-hydrogen) atoms. The fourth-order valence-corrected chi connectivity index (χ4v) is 2.39. The SMILES string of the molecule is C/C=C/CC(NC(=O)c1cc(Br)c2c(c1)OCO2)C(=O)O. The first kappa shape index (κ1) is 15.4. The van der Waals surface area contributed by atoms with Crippen molar-refractivity contribution in [2.24, 2.45) is 0 Å². The van der Waals surface area contributed by atoms with Crippen LogP contribution in [0.5, 0.6) is 11.5 Å². The van der Waals surface area contributed by atoms with Gasteiger partial charge in [-0.2, -0.15) is 0 Å². The van der Waals surface area contributed by atoms with E-state index >= 15 is 0 Å². The molecule has 1 aromatic carbocycles. The third-order valence-corrected chi connectivity index (χ3v) is 3.49. The number of nitrogens with one attached hydrogen (secondary N) is 1. The molecule has 0 spiro atoms. The van der Waals surface area contributed by atoms with Gasteiger partial charge in [-0.05, 0) is 41.4 Å². The van der Waals surface area contributed by atoms with Crippen molar-refractivity contribution < 1.29 is 24.2 Å². The van der Waals surface area contributed by atoms with Crippen LogP contribution in [0, 0.1) is 0 Å². The lowest BCUT2D eigenvalue weighted by molar-refractivity contribution is -0.139. The predicted molar refractivity (Wildman–Crippen MR) is 78.6 cm³/mol. The van der Waals surface area contributed by atoms with Gasteiger partial charge in [0.1, 0.15) is 6.04 Å². The summed E-state index contributed by atoms with van der Waals surface area (Å²) in [5.41, 5.74) is 0.304. The molecule has 6 nitrogen and oxygen atoms in total. The van der Waals surface area contributed by atoms with Crippen molar-refractivity contribution in [2.45, 2.75) is 19.4 Å². The molecule has 0 fully saturated rings. The summed E-state index contributed by atoms with van der Waals surface area (Å²) in [5.74, 6) is -0.572. The number of halogens is 1. The van der Waals surface area contributed by atoms with Crippen LogP contribution in [0.4, 0.5) is 0 Å². The van der Waals surface area contributed by atoms with Crippen molar-refractivity contribution in [1.29, 1.82) is 0 Å². The number of carbonyl (C=O) groups excluding carboxylic acids is 1. The number of carboxylic acids is 1. The van der Waals surface area contributed by atoms with E-state index in [1.165, 1.54) is 6.07 Å². The van der Waals surface area contributed by atoms with Crippen molar-refractivity contribution in [2.75, 3.05) is 6.79 Å². The number of rotatable bonds is 5. The van der Waals surface area contributed by atoms with E-state index in [4.69, 9.17) is 14.6 Å². The van der Waals surface area contributed by atoms with Gasteiger partial charge in [0, 0.05) is 5.56 Å². The van der Waals surface area contributed by atoms with Gasteiger partial charge in [0.2, 0.25) is 6.79 Å². The number of benzene rings is 1. The largest absolute Gasteiger partial charge is 0.480 e. The van der Waals surface area contributed by atoms with Crippen LogP contribution in [-0.4, -0.2) is 29.8 Å². The van der Waals surface area contributed by atoms with E-state index in [-0.39, 0.29) is 13.2 Å². The Balaban J connectivity index is 2.16. The summed E-state index contributed by atoms with van der Waals surface area (Å²) in [5, 5.41) is 11.6. The van der Waals surface area contributed by atoms with Crippen LogP contribution in [0.3, 0.4) is 0 Å². The van der Waals surface area contributed by atoms with Gasteiger partial charge < -0.3 is 19.9 Å². The third kappa shape index (κ3) is 3.55. The Kier molecular flexibility index (Phi) is 4.85. The number of amides is 1. The van der Waals surface area contributed by atoms with E-state index in [1.807, 2.05) is 0 Å². The molecule has 0 radical (unpaired) electrons.